The number of nitrogens with two attached hydrogens (primary N) is 1. The van der Waals surface area contributed by atoms with Crippen LogP contribution in [0.3, 0.4) is 0 Å². The van der Waals surface area contributed by atoms with Crippen LogP contribution >= 0.6 is 7.82 Å². The first-order valence-corrected chi connectivity index (χ1v) is 9.16. The van der Waals surface area contributed by atoms with Crippen molar-refractivity contribution >= 4 is 13.6 Å². The second-order valence-electron chi connectivity index (χ2n) is 5.67. The third-order valence-electron chi connectivity index (χ3n) is 3.76. The van der Waals surface area contributed by atoms with Crippen molar-refractivity contribution in [2.24, 2.45) is 0 Å². The highest BCUT2D eigenvalue weighted by Crippen LogP contribution is 2.38. The number of phosphoric acid groups is 1. The lowest BCUT2D eigenvalue weighted by atomic mass is 10.1. The molecular formula is C13H22N3O9P. The fraction of sp³-hybridized carbons (Fsp3) is 0.692. The number of aromatic nitrogens is 2. The maximum absolute atomic E-state index is 12.1. The number of hydrogen-bond acceptors (Lipinski definition) is 9. The molecule has 13 heteroatoms. The molecule has 2 heterocycles. The molecule has 12 nitrogen and oxygen atoms in total. The monoisotopic (exact) mass is 395 g/mol. The van der Waals surface area contributed by atoms with Gasteiger partial charge in [0.15, 0.2) is 6.23 Å². The predicted octanol–water partition coefficient (Wildman–Crippen LogP) is -1.47. The van der Waals surface area contributed by atoms with Crippen molar-refractivity contribution in [3.8, 4) is 0 Å². The van der Waals surface area contributed by atoms with Gasteiger partial charge in [0.05, 0.1) is 19.8 Å². The molecule has 1 saturated heterocycles. The van der Waals surface area contributed by atoms with E-state index >= 15 is 0 Å². The first-order valence-electron chi connectivity index (χ1n) is 7.63. The maximum Gasteiger partial charge on any atom is 0.469 e. The van der Waals surface area contributed by atoms with Gasteiger partial charge in [-0.05, 0) is 6.92 Å². The molecule has 0 spiro atoms. The average Bonchev–Trinajstić information content (AvgIpc) is 2.85. The Morgan fingerprint density at radius 1 is 1.42 bits per heavy atom. The molecule has 1 aromatic heterocycles. The Morgan fingerprint density at radius 2 is 2.12 bits per heavy atom. The zero-order valence-electron chi connectivity index (χ0n) is 14.2. The van der Waals surface area contributed by atoms with Gasteiger partial charge in [0.2, 0.25) is 0 Å². The summed E-state index contributed by atoms with van der Waals surface area (Å²) in [5, 5.41) is 10.5. The van der Waals surface area contributed by atoms with E-state index in [1.807, 2.05) is 0 Å². The van der Waals surface area contributed by atoms with Crippen LogP contribution in [0.5, 0.6) is 0 Å². The highest BCUT2D eigenvalue weighted by Gasteiger charge is 2.46. The molecule has 26 heavy (non-hydrogen) atoms. The van der Waals surface area contributed by atoms with E-state index in [0.29, 0.717) is 5.56 Å². The van der Waals surface area contributed by atoms with Crippen LogP contribution in [-0.4, -0.2) is 69.7 Å². The van der Waals surface area contributed by atoms with Gasteiger partial charge < -0.3 is 34.8 Å². The molecular weight excluding hydrogens is 373 g/mol. The summed E-state index contributed by atoms with van der Waals surface area (Å²) in [7, 11) is -3.29. The zero-order chi connectivity index (χ0) is 19.5. The van der Waals surface area contributed by atoms with Crippen LogP contribution in [0.25, 0.3) is 0 Å². The molecule has 1 fully saturated rings. The van der Waals surface area contributed by atoms with Gasteiger partial charge >= 0.3 is 13.5 Å². The lowest BCUT2D eigenvalue weighted by molar-refractivity contribution is -0.0676. The number of ether oxygens (including phenoxy) is 3. The molecule has 0 amide bonds. The highest BCUT2D eigenvalue weighted by molar-refractivity contribution is 7.46. The van der Waals surface area contributed by atoms with Gasteiger partial charge in [-0.2, -0.15) is 4.98 Å². The Labute approximate surface area is 148 Å². The number of anilines is 1. The first kappa shape index (κ1) is 20.9. The van der Waals surface area contributed by atoms with Gasteiger partial charge in [0.25, 0.3) is 0 Å². The van der Waals surface area contributed by atoms with Crippen LogP contribution in [0.2, 0.25) is 0 Å². The number of methoxy groups -OCH3 is 1. The van der Waals surface area contributed by atoms with Crippen molar-refractivity contribution in [1.29, 1.82) is 0 Å². The number of aryl methyl sites for hydroxylation is 1. The molecule has 1 aliphatic rings. The van der Waals surface area contributed by atoms with E-state index in [4.69, 9.17) is 29.7 Å². The average molecular weight is 395 g/mol. The van der Waals surface area contributed by atoms with Gasteiger partial charge in [-0.15, -0.1) is 0 Å². The van der Waals surface area contributed by atoms with E-state index in [1.165, 1.54) is 13.3 Å². The second kappa shape index (κ2) is 8.55. The smallest absolute Gasteiger partial charge is 0.386 e. The minimum absolute atomic E-state index is 0.0491. The van der Waals surface area contributed by atoms with Gasteiger partial charge in [-0.1, -0.05) is 0 Å². The topological polar surface area (TPSA) is 176 Å². The van der Waals surface area contributed by atoms with E-state index in [9.17, 15) is 14.5 Å². The molecule has 2 rings (SSSR count). The number of rotatable bonds is 8. The minimum atomic E-state index is -4.75. The fourth-order valence-corrected chi connectivity index (χ4v) is 2.83. The minimum Gasteiger partial charge on any atom is -0.386 e. The number of nitrogen functional groups attached to an aromatic ring is 1. The number of aliphatic hydroxyl groups excluding tert-OH is 1. The third-order valence-corrected chi connectivity index (χ3v) is 4.25. The van der Waals surface area contributed by atoms with Crippen molar-refractivity contribution in [1.82, 2.24) is 9.55 Å². The summed E-state index contributed by atoms with van der Waals surface area (Å²) in [6.45, 7) is 1.39. The highest BCUT2D eigenvalue weighted by atomic mass is 31.2. The molecule has 4 atom stereocenters. The summed E-state index contributed by atoms with van der Waals surface area (Å²) >= 11 is 0. The van der Waals surface area contributed by atoms with Gasteiger partial charge in [-0.25, -0.2) is 9.36 Å². The number of hydrogen-bond donors (Lipinski definition) is 4. The molecule has 0 bridgehead atoms. The summed E-state index contributed by atoms with van der Waals surface area (Å²) in [4.78, 5) is 33.5. The summed E-state index contributed by atoms with van der Waals surface area (Å²) in [6.07, 6.45) is -3.18. The van der Waals surface area contributed by atoms with Crippen molar-refractivity contribution < 1.29 is 38.2 Å². The number of nitrogens with zero attached hydrogens (tertiary/aromatic N) is 2. The molecule has 0 aromatic carbocycles. The fourth-order valence-electron chi connectivity index (χ4n) is 2.49. The Kier molecular flexibility index (Phi) is 6.88. The first-order chi connectivity index (χ1) is 12.1. The van der Waals surface area contributed by atoms with Crippen molar-refractivity contribution in [2.45, 2.75) is 31.5 Å². The van der Waals surface area contributed by atoms with E-state index in [0.717, 1.165) is 4.57 Å². The standard InChI is InChI=1S/C13H22N3O9P/c1-7-5-16(13(18)15-11(7)14)12-9(17)10(23-4-3-22-2)8(25-12)6-24-26(19,20)21/h5,8-10,12,17H,3-4,6H2,1-2H3,(H2,14,15,18)(H2,19,20,21)/t8-,9-,10-,12-/m1/s1. The van der Waals surface area contributed by atoms with Crippen LogP contribution in [0.1, 0.15) is 11.8 Å². The molecule has 0 aliphatic carbocycles. The van der Waals surface area contributed by atoms with E-state index < -0.39 is 44.7 Å². The summed E-state index contributed by atoms with van der Waals surface area (Å²) in [5.41, 5.74) is 5.33. The molecule has 0 radical (unpaired) electrons. The number of phosphoric ester groups is 1. The van der Waals surface area contributed by atoms with Crippen LogP contribution in [0.4, 0.5) is 5.82 Å². The predicted molar refractivity (Wildman–Crippen MR) is 87.2 cm³/mol. The molecule has 5 N–H and O–H groups in total. The Bertz CT molecular complexity index is 721. The van der Waals surface area contributed by atoms with E-state index in [1.54, 1.807) is 6.92 Å². The maximum atomic E-state index is 12.1. The van der Waals surface area contributed by atoms with Crippen molar-refractivity contribution in [3.63, 3.8) is 0 Å². The molecule has 1 aliphatic heterocycles. The third kappa shape index (κ3) is 5.09. The van der Waals surface area contributed by atoms with E-state index in [2.05, 4.69) is 9.51 Å². The van der Waals surface area contributed by atoms with Gasteiger partial charge in [0, 0.05) is 18.9 Å². The number of aliphatic hydroxyl groups is 1. The van der Waals surface area contributed by atoms with Crippen molar-refractivity contribution in [3.05, 3.63) is 22.2 Å². The van der Waals surface area contributed by atoms with Crippen LogP contribution in [-0.2, 0) is 23.3 Å². The molecule has 0 unspecified atom stereocenters. The Hall–Kier alpha value is -1.37. The zero-order valence-corrected chi connectivity index (χ0v) is 15.1. The summed E-state index contributed by atoms with van der Waals surface area (Å²) < 4.78 is 32.4. The largest absolute Gasteiger partial charge is 0.469 e. The van der Waals surface area contributed by atoms with E-state index in [-0.39, 0.29) is 19.0 Å². The van der Waals surface area contributed by atoms with Crippen LogP contribution in [0, 0.1) is 6.92 Å². The molecule has 1 aromatic rings. The van der Waals surface area contributed by atoms with Gasteiger partial charge in [0.1, 0.15) is 24.1 Å². The quantitative estimate of drug-likeness (QED) is 0.299. The Balaban J connectivity index is 2.24. The second-order valence-corrected chi connectivity index (χ2v) is 6.91. The SMILES string of the molecule is COCCO[C@H]1[C@@H](O)[C@H](n2cc(C)c(N)nc2=O)O[C@@H]1COP(=O)(O)O. The van der Waals surface area contributed by atoms with Crippen LogP contribution < -0.4 is 11.4 Å². The normalized spacial score (nSPS) is 26.3. The summed E-state index contributed by atoms with van der Waals surface area (Å²) in [6, 6.07) is 0. The lowest BCUT2D eigenvalue weighted by Crippen LogP contribution is -2.39. The lowest BCUT2D eigenvalue weighted by Gasteiger charge is -2.21. The van der Waals surface area contributed by atoms with Gasteiger partial charge in [-0.3, -0.25) is 9.09 Å². The molecule has 148 valence electrons. The Morgan fingerprint density at radius 3 is 2.73 bits per heavy atom. The summed E-state index contributed by atoms with van der Waals surface area (Å²) in [5.74, 6) is 0.0491. The molecule has 0 saturated carbocycles. The van der Waals surface area contributed by atoms with Crippen molar-refractivity contribution in [2.75, 3.05) is 32.7 Å². The van der Waals surface area contributed by atoms with Crippen LogP contribution in [0.15, 0.2) is 11.0 Å².